The van der Waals surface area contributed by atoms with Crippen molar-refractivity contribution in [2.45, 2.75) is 40.7 Å². The molecule has 0 fully saturated rings. The third-order valence-electron chi connectivity index (χ3n) is 5.74. The smallest absolute Gasteiger partial charge is 0.429 e. The Balaban J connectivity index is 0.00000186. The van der Waals surface area contributed by atoms with Crippen LogP contribution in [0.1, 0.15) is 36.1 Å². The molecule has 0 aliphatic heterocycles. The zero-order valence-electron chi connectivity index (χ0n) is 21.0. The molecule has 0 aliphatic rings. The van der Waals surface area contributed by atoms with Crippen molar-refractivity contribution in [3.05, 3.63) is 112 Å². The molecule has 0 aliphatic carbocycles. The Morgan fingerprint density at radius 1 is 0.595 bits per heavy atom. The van der Waals surface area contributed by atoms with Crippen LogP contribution in [0, 0.1) is 44.0 Å². The van der Waals surface area contributed by atoms with Crippen LogP contribution in [0.2, 0.25) is 0 Å². The third-order valence-corrected chi connectivity index (χ3v) is 5.74. The molecule has 0 spiro atoms. The van der Waals surface area contributed by atoms with Crippen molar-refractivity contribution in [2.75, 3.05) is 0 Å². The van der Waals surface area contributed by atoms with E-state index in [1.165, 1.54) is 25.1 Å². The van der Waals surface area contributed by atoms with Gasteiger partial charge in [0, 0.05) is 23.3 Å². The van der Waals surface area contributed by atoms with Crippen LogP contribution in [-0.4, -0.2) is 0 Å². The average Bonchev–Trinajstić information content (AvgIpc) is 2.83. The van der Waals surface area contributed by atoms with Gasteiger partial charge in [0.15, 0.2) is 0 Å². The van der Waals surface area contributed by atoms with E-state index in [1.807, 2.05) is 45.0 Å². The normalized spacial score (nSPS) is 11.1. The van der Waals surface area contributed by atoms with Gasteiger partial charge >= 0.3 is 6.11 Å². The second kappa shape index (κ2) is 11.1. The summed E-state index contributed by atoms with van der Waals surface area (Å²) in [6, 6.07) is 15.0. The topological polar surface area (TPSA) is 9.23 Å². The lowest BCUT2D eigenvalue weighted by Crippen LogP contribution is -2.25. The lowest BCUT2D eigenvalue weighted by Gasteiger charge is -2.21. The van der Waals surface area contributed by atoms with Gasteiger partial charge in [-0.1, -0.05) is 61.9 Å². The summed E-state index contributed by atoms with van der Waals surface area (Å²) < 4.78 is 91.4. The summed E-state index contributed by atoms with van der Waals surface area (Å²) in [5.74, 6) is -4.94. The van der Waals surface area contributed by atoms with Crippen LogP contribution in [0.25, 0.3) is 22.3 Å². The Kier molecular flexibility index (Phi) is 8.36. The number of aryl methyl sites for hydroxylation is 2. The van der Waals surface area contributed by atoms with Gasteiger partial charge in [-0.25, -0.2) is 17.6 Å². The molecule has 4 aromatic rings. The van der Waals surface area contributed by atoms with Crippen molar-refractivity contribution in [1.82, 2.24) is 0 Å². The molecule has 0 amide bonds. The number of hydrogen-bond acceptors (Lipinski definition) is 1. The molecule has 4 aromatic carbocycles. The summed E-state index contributed by atoms with van der Waals surface area (Å²) in [5.41, 5.74) is 0.843. The summed E-state index contributed by atoms with van der Waals surface area (Å²) in [5, 5.41) is 0. The van der Waals surface area contributed by atoms with Crippen molar-refractivity contribution >= 4 is 0 Å². The Labute approximate surface area is 212 Å². The summed E-state index contributed by atoms with van der Waals surface area (Å²) in [6.07, 6.45) is -4.24. The second-order valence-corrected chi connectivity index (χ2v) is 8.34. The number of halogens is 6. The molecule has 7 heteroatoms. The zero-order valence-corrected chi connectivity index (χ0v) is 21.0. The second-order valence-electron chi connectivity index (χ2n) is 8.34. The first-order chi connectivity index (χ1) is 17.5. The van der Waals surface area contributed by atoms with E-state index < -0.39 is 40.7 Å². The van der Waals surface area contributed by atoms with Crippen LogP contribution < -0.4 is 4.74 Å². The minimum atomic E-state index is -4.24. The minimum Gasteiger partial charge on any atom is -0.429 e. The van der Waals surface area contributed by atoms with Crippen molar-refractivity contribution in [2.24, 2.45) is 0 Å². The lowest BCUT2D eigenvalue weighted by molar-refractivity contribution is -0.188. The van der Waals surface area contributed by atoms with Crippen LogP contribution in [0.5, 0.6) is 5.75 Å². The number of hydrogen-bond donors (Lipinski definition) is 0. The first kappa shape index (κ1) is 27.8. The van der Waals surface area contributed by atoms with Crippen LogP contribution in [0.4, 0.5) is 26.3 Å². The van der Waals surface area contributed by atoms with E-state index in [1.54, 1.807) is 6.07 Å². The Bertz CT molecular complexity index is 1360. The Morgan fingerprint density at radius 3 is 1.68 bits per heavy atom. The highest BCUT2D eigenvalue weighted by molar-refractivity contribution is 5.72. The highest BCUT2D eigenvalue weighted by atomic mass is 19.3. The molecule has 1 nitrogen and oxygen atoms in total. The summed E-state index contributed by atoms with van der Waals surface area (Å²) in [4.78, 5) is 0. The third kappa shape index (κ3) is 5.98. The van der Waals surface area contributed by atoms with Crippen LogP contribution in [0.3, 0.4) is 0 Å². The van der Waals surface area contributed by atoms with E-state index in [0.717, 1.165) is 24.1 Å². The maximum atomic E-state index is 14.9. The monoisotopic (exact) mass is 516 g/mol. The number of rotatable bonds is 5. The van der Waals surface area contributed by atoms with Crippen molar-refractivity contribution in [1.29, 1.82) is 0 Å². The fourth-order valence-electron chi connectivity index (χ4n) is 3.82. The molecule has 0 aromatic heterocycles. The maximum absolute atomic E-state index is 14.9. The predicted molar refractivity (Wildman–Crippen MR) is 134 cm³/mol. The van der Waals surface area contributed by atoms with Gasteiger partial charge in [-0.15, -0.1) is 0 Å². The number of alkyl halides is 2. The fraction of sp³-hybridized carbons (Fsp3) is 0.200. The maximum Gasteiger partial charge on any atom is 0.429 e. The molecule has 0 saturated carbocycles. The van der Waals surface area contributed by atoms with E-state index in [9.17, 15) is 26.3 Å². The van der Waals surface area contributed by atoms with Gasteiger partial charge in [0.1, 0.15) is 34.6 Å². The van der Waals surface area contributed by atoms with Gasteiger partial charge in [0.2, 0.25) is 0 Å². The molecule has 0 unspecified atom stereocenters. The van der Waals surface area contributed by atoms with Crippen LogP contribution in [-0.2, 0) is 6.11 Å². The van der Waals surface area contributed by atoms with Gasteiger partial charge in [-0.05, 0) is 55.2 Å². The van der Waals surface area contributed by atoms with Crippen LogP contribution in [0.15, 0.2) is 66.7 Å². The van der Waals surface area contributed by atoms with Gasteiger partial charge in [0.25, 0.3) is 0 Å². The molecule has 37 heavy (non-hydrogen) atoms. The van der Waals surface area contributed by atoms with E-state index >= 15 is 0 Å². The first-order valence-corrected chi connectivity index (χ1v) is 11.7. The van der Waals surface area contributed by atoms with Gasteiger partial charge in [0.05, 0.1) is 0 Å². The molecule has 194 valence electrons. The Hall–Kier alpha value is -3.74. The average molecular weight is 517 g/mol. The van der Waals surface area contributed by atoms with Crippen molar-refractivity contribution in [3.8, 4) is 28.0 Å². The van der Waals surface area contributed by atoms with E-state index in [0.29, 0.717) is 17.7 Å². The molecular formula is C30H26F6O. The molecule has 0 radical (unpaired) electrons. The van der Waals surface area contributed by atoms with E-state index in [-0.39, 0.29) is 22.3 Å². The van der Waals surface area contributed by atoms with E-state index in [4.69, 9.17) is 0 Å². The molecular weight excluding hydrogens is 490 g/mol. The van der Waals surface area contributed by atoms with Crippen LogP contribution >= 0.6 is 0 Å². The first-order valence-electron chi connectivity index (χ1n) is 11.7. The fourth-order valence-corrected chi connectivity index (χ4v) is 3.82. The largest absolute Gasteiger partial charge is 0.429 e. The van der Waals surface area contributed by atoms with Crippen molar-refractivity contribution in [3.63, 3.8) is 0 Å². The minimum absolute atomic E-state index is 0.0290. The summed E-state index contributed by atoms with van der Waals surface area (Å²) >= 11 is 0. The van der Waals surface area contributed by atoms with Gasteiger partial charge in [-0.3, -0.25) is 0 Å². The Morgan fingerprint density at radius 2 is 1.14 bits per heavy atom. The molecule has 0 N–H and O–H groups in total. The lowest BCUT2D eigenvalue weighted by atomic mass is 9.96. The zero-order chi connectivity index (χ0) is 27.5. The highest BCUT2D eigenvalue weighted by Crippen LogP contribution is 2.38. The molecule has 0 saturated heterocycles. The predicted octanol–water partition coefficient (Wildman–Crippen LogP) is 9.66. The molecule has 0 atom stereocenters. The summed E-state index contributed by atoms with van der Waals surface area (Å²) in [7, 11) is 0. The van der Waals surface area contributed by atoms with Gasteiger partial charge in [-0.2, -0.15) is 8.78 Å². The molecule has 0 heterocycles. The molecule has 4 rings (SSSR count). The van der Waals surface area contributed by atoms with Gasteiger partial charge < -0.3 is 4.74 Å². The summed E-state index contributed by atoms with van der Waals surface area (Å²) in [6.45, 7) is 8.29. The highest BCUT2D eigenvalue weighted by Gasteiger charge is 2.40. The van der Waals surface area contributed by atoms with E-state index in [2.05, 4.69) is 4.74 Å². The number of benzene rings is 4. The van der Waals surface area contributed by atoms with Crippen molar-refractivity contribution < 1.29 is 31.1 Å². The standard InChI is InChI=1S/C28H20F6O.C2H6/c1-15-4-6-18(7-5-15)19-8-9-22(25(31)11-19)20-10-16(2)27(26(32)12-20)28(33,34)35-21-13-23(29)17(3)24(30)14-21;1-2/h4-14H,1-3H3;1-2H3. The quantitative estimate of drug-likeness (QED) is 0.240. The molecule has 0 bridgehead atoms. The number of ether oxygens (including phenoxy) is 1. The SMILES string of the molecule is CC.Cc1ccc(-c2ccc(-c3cc(C)c(C(F)(F)Oc4cc(F)c(C)c(F)c4)c(F)c3)c(F)c2)cc1.